The highest BCUT2D eigenvalue weighted by atomic mass is 19.3. The van der Waals surface area contributed by atoms with Crippen LogP contribution in [-0.4, -0.2) is 76.0 Å². The standard InChI is InChI=1S/C14H18F2N4O4/c1-18-4-8(24-7-11(15)16)5-20-10(6-18)12-9(17-20)2-3-19(13(12)21)14(22)23/h8,11H,2-7H2,1H3,(H,22,23)/t8-/m1/s1. The van der Waals surface area contributed by atoms with Gasteiger partial charge in [-0.25, -0.2) is 18.5 Å². The number of likely N-dealkylation sites (N-methyl/N-ethyl adjacent to an activating group) is 1. The number of aromatic nitrogens is 2. The van der Waals surface area contributed by atoms with Gasteiger partial charge in [0, 0.05) is 26.1 Å². The third kappa shape index (κ3) is 3.11. The third-order valence-corrected chi connectivity index (χ3v) is 4.16. The fourth-order valence-electron chi connectivity index (χ4n) is 3.15. The number of hydrogen-bond donors (Lipinski definition) is 1. The summed E-state index contributed by atoms with van der Waals surface area (Å²) in [5.74, 6) is -0.578. The smallest absolute Gasteiger partial charge is 0.414 e. The van der Waals surface area contributed by atoms with Crippen LogP contribution in [0, 0.1) is 0 Å². The highest BCUT2D eigenvalue weighted by molar-refractivity contribution is 6.05. The van der Waals surface area contributed by atoms with Crippen LogP contribution in [0.4, 0.5) is 13.6 Å². The molecule has 2 amide bonds. The maximum absolute atomic E-state index is 12.4. The minimum atomic E-state index is -2.55. The number of ether oxygens (including phenoxy) is 1. The summed E-state index contributed by atoms with van der Waals surface area (Å²) in [4.78, 5) is 26.3. The second-order valence-corrected chi connectivity index (χ2v) is 5.98. The summed E-state index contributed by atoms with van der Waals surface area (Å²) in [5, 5.41) is 13.5. The van der Waals surface area contributed by atoms with Crippen LogP contribution in [0.1, 0.15) is 21.7 Å². The number of rotatable bonds is 3. The van der Waals surface area contributed by atoms with Crippen molar-refractivity contribution in [2.45, 2.75) is 32.0 Å². The monoisotopic (exact) mass is 344 g/mol. The van der Waals surface area contributed by atoms with Crippen molar-refractivity contribution in [2.24, 2.45) is 0 Å². The molecule has 0 aliphatic carbocycles. The number of carboxylic acid groups (broad SMARTS) is 1. The molecule has 10 heteroatoms. The molecule has 3 heterocycles. The van der Waals surface area contributed by atoms with Crippen molar-refractivity contribution in [3.63, 3.8) is 0 Å². The molecular weight excluding hydrogens is 326 g/mol. The van der Waals surface area contributed by atoms with Crippen LogP contribution in [0.3, 0.4) is 0 Å². The first kappa shape index (κ1) is 16.8. The lowest BCUT2D eigenvalue weighted by molar-refractivity contribution is -0.0379. The average molecular weight is 344 g/mol. The molecule has 2 aliphatic heterocycles. The summed E-state index contributed by atoms with van der Waals surface area (Å²) in [6.45, 7) is 0.455. The van der Waals surface area contributed by atoms with E-state index >= 15 is 0 Å². The van der Waals surface area contributed by atoms with Gasteiger partial charge in [0.1, 0.15) is 6.61 Å². The first-order chi connectivity index (χ1) is 11.4. The fourth-order valence-corrected chi connectivity index (χ4v) is 3.15. The van der Waals surface area contributed by atoms with Gasteiger partial charge in [-0.05, 0) is 7.05 Å². The molecule has 0 radical (unpaired) electrons. The van der Waals surface area contributed by atoms with E-state index < -0.39 is 31.1 Å². The molecule has 1 atom stereocenters. The van der Waals surface area contributed by atoms with Gasteiger partial charge in [-0.1, -0.05) is 0 Å². The summed E-state index contributed by atoms with van der Waals surface area (Å²) in [7, 11) is 1.79. The van der Waals surface area contributed by atoms with Gasteiger partial charge in [0.05, 0.1) is 29.6 Å². The predicted octanol–water partition coefficient (Wildman–Crippen LogP) is 0.655. The first-order valence-electron chi connectivity index (χ1n) is 7.58. The molecule has 0 aromatic carbocycles. The zero-order valence-corrected chi connectivity index (χ0v) is 13.1. The Kier molecular flexibility index (Phi) is 4.50. The number of alkyl halides is 2. The zero-order chi connectivity index (χ0) is 17.4. The van der Waals surface area contributed by atoms with E-state index in [-0.39, 0.29) is 13.1 Å². The van der Waals surface area contributed by atoms with Gasteiger partial charge in [0.25, 0.3) is 12.3 Å². The number of imide groups is 1. The number of nitrogens with zero attached hydrogens (tertiary/aromatic N) is 4. The van der Waals surface area contributed by atoms with Gasteiger partial charge in [-0.15, -0.1) is 0 Å². The maximum atomic E-state index is 12.4. The Morgan fingerprint density at radius 2 is 2.21 bits per heavy atom. The van der Waals surface area contributed by atoms with Gasteiger partial charge >= 0.3 is 6.09 Å². The summed E-state index contributed by atoms with van der Waals surface area (Å²) in [6, 6.07) is 0. The second kappa shape index (κ2) is 6.44. The molecule has 3 rings (SSSR count). The van der Waals surface area contributed by atoms with E-state index in [2.05, 4.69) is 5.10 Å². The Hall–Kier alpha value is -2.07. The number of halogens is 2. The Labute approximate surface area is 136 Å². The molecule has 0 spiro atoms. The fraction of sp³-hybridized carbons (Fsp3) is 0.643. The quantitative estimate of drug-likeness (QED) is 0.866. The van der Waals surface area contributed by atoms with Crippen molar-refractivity contribution in [1.82, 2.24) is 19.6 Å². The lowest BCUT2D eigenvalue weighted by atomic mass is 10.0. The SMILES string of the molecule is CN1Cc2c3c(nn2C[C@H](OCC(F)F)C1)CCN(C(=O)O)C3=O. The minimum absolute atomic E-state index is 0.0682. The van der Waals surface area contributed by atoms with E-state index in [1.165, 1.54) is 0 Å². The lowest BCUT2D eigenvalue weighted by Crippen LogP contribution is -2.41. The van der Waals surface area contributed by atoms with Crippen molar-refractivity contribution >= 4 is 12.0 Å². The number of amides is 2. The lowest BCUT2D eigenvalue weighted by Gasteiger charge is -2.23. The normalized spacial score (nSPS) is 21.6. The largest absolute Gasteiger partial charge is 0.465 e. The van der Waals surface area contributed by atoms with Crippen molar-refractivity contribution < 1.29 is 28.2 Å². The molecule has 0 saturated heterocycles. The molecular formula is C14H18F2N4O4. The summed E-state index contributed by atoms with van der Waals surface area (Å²) >= 11 is 0. The molecule has 132 valence electrons. The van der Waals surface area contributed by atoms with Crippen LogP contribution >= 0.6 is 0 Å². The molecule has 24 heavy (non-hydrogen) atoms. The Morgan fingerprint density at radius 1 is 1.46 bits per heavy atom. The third-order valence-electron chi connectivity index (χ3n) is 4.16. The molecule has 8 nitrogen and oxygen atoms in total. The van der Waals surface area contributed by atoms with Gasteiger partial charge < -0.3 is 9.84 Å². The van der Waals surface area contributed by atoms with Gasteiger partial charge in [0.15, 0.2) is 0 Å². The van der Waals surface area contributed by atoms with Crippen molar-refractivity contribution in [2.75, 3.05) is 26.7 Å². The number of carbonyl (C=O) groups excluding carboxylic acids is 1. The van der Waals surface area contributed by atoms with E-state index in [9.17, 15) is 18.4 Å². The Bertz CT molecular complexity index is 663. The minimum Gasteiger partial charge on any atom is -0.465 e. The van der Waals surface area contributed by atoms with Crippen LogP contribution in [0.15, 0.2) is 0 Å². The van der Waals surface area contributed by atoms with Crippen LogP contribution in [0.25, 0.3) is 0 Å². The maximum Gasteiger partial charge on any atom is 0.414 e. The van der Waals surface area contributed by atoms with Crippen LogP contribution in [0.2, 0.25) is 0 Å². The van der Waals surface area contributed by atoms with E-state index in [4.69, 9.17) is 9.84 Å². The summed E-state index contributed by atoms with van der Waals surface area (Å²) in [6.07, 6.45) is -3.96. The van der Waals surface area contributed by atoms with Crippen molar-refractivity contribution in [3.8, 4) is 0 Å². The number of fused-ring (bicyclic) bond motifs is 3. The molecule has 1 N–H and O–H groups in total. The molecule has 2 aliphatic rings. The highest BCUT2D eigenvalue weighted by Gasteiger charge is 2.36. The Balaban J connectivity index is 1.89. The molecule has 0 unspecified atom stereocenters. The van der Waals surface area contributed by atoms with Gasteiger partial charge in [0.2, 0.25) is 0 Å². The van der Waals surface area contributed by atoms with Crippen molar-refractivity contribution in [1.29, 1.82) is 0 Å². The van der Waals surface area contributed by atoms with Crippen LogP contribution in [0.5, 0.6) is 0 Å². The van der Waals surface area contributed by atoms with E-state index in [0.717, 1.165) is 4.90 Å². The predicted molar refractivity (Wildman–Crippen MR) is 77.1 cm³/mol. The Morgan fingerprint density at radius 3 is 2.88 bits per heavy atom. The molecule has 0 bridgehead atoms. The van der Waals surface area contributed by atoms with Gasteiger partial charge in [-0.2, -0.15) is 5.10 Å². The highest BCUT2D eigenvalue weighted by Crippen LogP contribution is 2.26. The second-order valence-electron chi connectivity index (χ2n) is 5.98. The van der Waals surface area contributed by atoms with Crippen LogP contribution < -0.4 is 0 Å². The first-order valence-corrected chi connectivity index (χ1v) is 7.58. The molecule has 1 aromatic heterocycles. The molecule has 0 saturated carbocycles. The zero-order valence-electron chi connectivity index (χ0n) is 13.1. The average Bonchev–Trinajstić information content (AvgIpc) is 2.74. The summed E-state index contributed by atoms with van der Waals surface area (Å²) < 4.78 is 31.6. The van der Waals surface area contributed by atoms with E-state index in [1.54, 1.807) is 11.7 Å². The van der Waals surface area contributed by atoms with E-state index in [1.807, 2.05) is 4.90 Å². The van der Waals surface area contributed by atoms with Gasteiger partial charge in [-0.3, -0.25) is 14.4 Å². The summed E-state index contributed by atoms with van der Waals surface area (Å²) in [5.41, 5.74) is 1.46. The molecule has 1 aromatic rings. The topological polar surface area (TPSA) is 87.9 Å². The molecule has 0 fully saturated rings. The van der Waals surface area contributed by atoms with E-state index in [0.29, 0.717) is 36.5 Å². The van der Waals surface area contributed by atoms with Crippen LogP contribution in [-0.2, 0) is 24.2 Å². The van der Waals surface area contributed by atoms with Crippen molar-refractivity contribution in [3.05, 3.63) is 17.0 Å². The number of hydrogen-bond acceptors (Lipinski definition) is 5. The number of carbonyl (C=O) groups is 2.